The minimum atomic E-state index is -0.564. The molecule has 4 aliphatic heterocycles. The molecule has 0 N–H and O–H groups in total. The Hall–Kier alpha value is -3.75. The monoisotopic (exact) mass is 475 g/mol. The van der Waals surface area contributed by atoms with Gasteiger partial charge in [-0.25, -0.2) is 14.4 Å². The van der Waals surface area contributed by atoms with Gasteiger partial charge in [-0.1, -0.05) is 0 Å². The lowest BCUT2D eigenvalue weighted by molar-refractivity contribution is -0.197. The summed E-state index contributed by atoms with van der Waals surface area (Å²) >= 11 is 0. The molecule has 1 saturated heterocycles. The molecule has 0 atom stereocenters. The molecule has 0 saturated carbocycles. The fourth-order valence-corrected chi connectivity index (χ4v) is 5.31. The zero-order valence-electron chi connectivity index (χ0n) is 19.7. The summed E-state index contributed by atoms with van der Waals surface area (Å²) in [5.41, 5.74) is 4.66. The average molecular weight is 476 g/mol. The van der Waals surface area contributed by atoms with Gasteiger partial charge in [0.05, 0.1) is 12.5 Å². The van der Waals surface area contributed by atoms with Crippen LogP contribution in [0.3, 0.4) is 0 Å². The first-order chi connectivity index (χ1) is 17.0. The number of anilines is 1. The SMILES string of the molecule is CCN1CCc2cc3c(cc21)Oc1cc2c(cc1=N3)CC[N+]=2CCCC(=O)ON1C(=O)CCC1=O. The maximum atomic E-state index is 12.1. The molecule has 0 aliphatic carbocycles. The van der Waals surface area contributed by atoms with Crippen molar-refractivity contribution in [2.24, 2.45) is 4.99 Å². The minimum absolute atomic E-state index is 0.0964. The zero-order valence-corrected chi connectivity index (χ0v) is 19.7. The van der Waals surface area contributed by atoms with Gasteiger partial charge >= 0.3 is 5.97 Å². The predicted octanol–water partition coefficient (Wildman–Crippen LogP) is 1.56. The van der Waals surface area contributed by atoms with E-state index in [1.807, 2.05) is 0 Å². The Kier molecular flexibility index (Phi) is 5.27. The van der Waals surface area contributed by atoms with Crippen molar-refractivity contribution in [1.29, 1.82) is 0 Å². The van der Waals surface area contributed by atoms with Crippen LogP contribution in [0.2, 0.25) is 0 Å². The Morgan fingerprint density at radius 2 is 1.89 bits per heavy atom. The maximum Gasteiger partial charge on any atom is 0.333 e. The van der Waals surface area contributed by atoms with Gasteiger partial charge in [-0.15, -0.1) is 5.06 Å². The summed E-state index contributed by atoms with van der Waals surface area (Å²) in [6.45, 7) is 5.68. The smallest absolute Gasteiger partial charge is 0.333 e. The number of carbonyl (C=O) groups excluding carboxylic acids is 3. The van der Waals surface area contributed by atoms with E-state index in [2.05, 4.69) is 40.7 Å². The molecule has 0 radical (unpaired) electrons. The fraction of sp³-hybridized carbons (Fsp3) is 0.423. The van der Waals surface area contributed by atoms with Crippen LogP contribution in [0.15, 0.2) is 29.3 Å². The highest BCUT2D eigenvalue weighted by Gasteiger charge is 2.33. The van der Waals surface area contributed by atoms with Gasteiger partial charge in [-0.3, -0.25) is 9.59 Å². The molecule has 2 aromatic carbocycles. The van der Waals surface area contributed by atoms with E-state index in [1.54, 1.807) is 0 Å². The van der Waals surface area contributed by atoms with Crippen LogP contribution in [-0.2, 0) is 32.1 Å². The molecular formula is C26H27N4O5+. The van der Waals surface area contributed by atoms with Crippen LogP contribution in [0.4, 0.5) is 11.4 Å². The summed E-state index contributed by atoms with van der Waals surface area (Å²) in [6, 6.07) is 8.43. The lowest BCUT2D eigenvalue weighted by Gasteiger charge is -2.20. The third-order valence-corrected chi connectivity index (χ3v) is 7.15. The van der Waals surface area contributed by atoms with Gasteiger partial charge in [0.15, 0.2) is 11.5 Å². The average Bonchev–Trinajstić information content (AvgIpc) is 3.53. The number of carbonyl (C=O) groups is 3. The summed E-state index contributed by atoms with van der Waals surface area (Å²) < 4.78 is 8.55. The van der Waals surface area contributed by atoms with E-state index in [-0.39, 0.29) is 19.3 Å². The van der Waals surface area contributed by atoms with Crippen LogP contribution in [0, 0.1) is 0 Å². The first-order valence-electron chi connectivity index (χ1n) is 12.3. The number of hydrogen-bond acceptors (Lipinski definition) is 7. The number of hydroxylamine groups is 2. The van der Waals surface area contributed by atoms with Crippen molar-refractivity contribution >= 4 is 29.2 Å². The lowest BCUT2D eigenvalue weighted by Crippen LogP contribution is -2.32. The van der Waals surface area contributed by atoms with E-state index < -0.39 is 17.8 Å². The molecule has 1 fully saturated rings. The Balaban J connectivity index is 1.19. The molecule has 0 bridgehead atoms. The quantitative estimate of drug-likeness (QED) is 0.397. The number of amides is 2. The van der Waals surface area contributed by atoms with Crippen molar-refractivity contribution in [2.75, 3.05) is 31.1 Å². The molecule has 0 unspecified atom stereocenters. The summed E-state index contributed by atoms with van der Waals surface area (Å²) in [5, 5.41) is 2.55. The number of imide groups is 1. The third-order valence-electron chi connectivity index (χ3n) is 7.15. The Morgan fingerprint density at radius 1 is 1.06 bits per heavy atom. The second-order valence-corrected chi connectivity index (χ2v) is 9.33. The first kappa shape index (κ1) is 21.8. The Morgan fingerprint density at radius 3 is 2.69 bits per heavy atom. The van der Waals surface area contributed by atoms with Crippen LogP contribution in [-0.4, -0.2) is 49.0 Å². The molecule has 4 aliphatic rings. The lowest BCUT2D eigenvalue weighted by atomic mass is 10.1. The van der Waals surface area contributed by atoms with Crippen molar-refractivity contribution in [3.63, 3.8) is 0 Å². The maximum absolute atomic E-state index is 12.1. The van der Waals surface area contributed by atoms with E-state index >= 15 is 0 Å². The fourth-order valence-electron chi connectivity index (χ4n) is 5.31. The summed E-state index contributed by atoms with van der Waals surface area (Å²) in [7, 11) is 0. The number of rotatable bonds is 6. The van der Waals surface area contributed by atoms with Gasteiger partial charge in [0, 0.05) is 56.1 Å². The molecular weight excluding hydrogens is 448 g/mol. The number of benzene rings is 2. The number of fused-ring (bicyclic) bond motifs is 4. The molecule has 2 aromatic rings. The molecule has 9 heteroatoms. The van der Waals surface area contributed by atoms with Crippen molar-refractivity contribution in [2.45, 2.75) is 45.4 Å². The van der Waals surface area contributed by atoms with E-state index in [0.29, 0.717) is 18.0 Å². The van der Waals surface area contributed by atoms with Gasteiger partial charge in [0.1, 0.15) is 24.1 Å². The topological polar surface area (TPSA) is 91.5 Å². The molecule has 4 heterocycles. The third kappa shape index (κ3) is 3.84. The Bertz CT molecular complexity index is 1380. The van der Waals surface area contributed by atoms with E-state index in [9.17, 15) is 14.4 Å². The van der Waals surface area contributed by atoms with E-state index in [4.69, 9.17) is 14.6 Å². The van der Waals surface area contributed by atoms with E-state index in [0.717, 1.165) is 60.4 Å². The van der Waals surface area contributed by atoms with Gasteiger partial charge in [0.25, 0.3) is 11.8 Å². The van der Waals surface area contributed by atoms with Gasteiger partial charge in [-0.05, 0) is 31.0 Å². The van der Waals surface area contributed by atoms with Crippen LogP contribution in [0.1, 0.15) is 43.7 Å². The van der Waals surface area contributed by atoms with Crippen molar-refractivity contribution in [3.05, 3.63) is 46.1 Å². The van der Waals surface area contributed by atoms with Gasteiger partial charge < -0.3 is 14.5 Å². The molecule has 2 amide bonds. The summed E-state index contributed by atoms with van der Waals surface area (Å²) in [6.07, 6.45) is 2.82. The van der Waals surface area contributed by atoms with Crippen molar-refractivity contribution in [1.82, 2.24) is 9.64 Å². The van der Waals surface area contributed by atoms with Crippen molar-refractivity contribution < 1.29 is 24.0 Å². The number of hydrogen-bond donors (Lipinski definition) is 0. The molecule has 35 heavy (non-hydrogen) atoms. The highest BCUT2D eigenvalue weighted by Crippen LogP contribution is 2.41. The standard InChI is InChI=1S/C26H27N4O5/c1-2-28-10-7-16-12-18-22(14-20(16)28)34-23-15-21-17(13-19(23)27-18)8-11-29(21)9-3-4-26(33)35-30-24(31)5-6-25(30)32/h12-15H,2-11H2,1H3/q+1. The second-order valence-electron chi connectivity index (χ2n) is 9.33. The van der Waals surface area contributed by atoms with Gasteiger partial charge in [-0.2, -0.15) is 0 Å². The second kappa shape index (κ2) is 8.48. The first-order valence-corrected chi connectivity index (χ1v) is 12.3. The van der Waals surface area contributed by atoms with Crippen LogP contribution >= 0.6 is 0 Å². The van der Waals surface area contributed by atoms with Crippen molar-refractivity contribution in [3.8, 4) is 11.5 Å². The number of likely N-dealkylation sites (N-methyl/N-ethyl adjacent to an activating group) is 1. The number of ether oxygens (including phenoxy) is 1. The molecule has 180 valence electrons. The van der Waals surface area contributed by atoms with Gasteiger partial charge in [0.2, 0.25) is 5.36 Å². The zero-order chi connectivity index (χ0) is 24.1. The van der Waals surface area contributed by atoms with Crippen LogP contribution in [0.25, 0.3) is 0 Å². The summed E-state index contributed by atoms with van der Waals surface area (Å²) in [4.78, 5) is 47.6. The number of nitrogens with zero attached hydrogens (tertiary/aromatic N) is 4. The van der Waals surface area contributed by atoms with Crippen LogP contribution < -0.4 is 24.9 Å². The molecule has 9 nitrogen and oxygen atoms in total. The normalized spacial score (nSPS) is 17.6. The van der Waals surface area contributed by atoms with E-state index in [1.165, 1.54) is 16.8 Å². The molecule has 0 aromatic heterocycles. The summed E-state index contributed by atoms with van der Waals surface area (Å²) in [5.74, 6) is 0.0530. The minimum Gasteiger partial charge on any atom is -0.452 e. The molecule has 6 rings (SSSR count). The predicted molar refractivity (Wildman–Crippen MR) is 126 cm³/mol. The highest BCUT2D eigenvalue weighted by molar-refractivity contribution is 6.01. The largest absolute Gasteiger partial charge is 0.452 e. The molecule has 0 spiro atoms. The Labute approximate surface area is 202 Å². The highest BCUT2D eigenvalue weighted by atomic mass is 16.7. The van der Waals surface area contributed by atoms with Crippen LogP contribution in [0.5, 0.6) is 11.5 Å².